The van der Waals surface area contributed by atoms with E-state index < -0.39 is 6.03 Å². The molecular formula is C19H17FN4O2. The summed E-state index contributed by atoms with van der Waals surface area (Å²) in [4.78, 5) is 16.5. The fraction of sp³-hybridized carbons (Fsp3) is 0.211. The van der Waals surface area contributed by atoms with Crippen LogP contribution >= 0.6 is 0 Å². The fourth-order valence-electron chi connectivity index (χ4n) is 2.74. The summed E-state index contributed by atoms with van der Waals surface area (Å²) in [6, 6.07) is 12.3. The zero-order chi connectivity index (χ0) is 17.9. The summed E-state index contributed by atoms with van der Waals surface area (Å²) in [5.74, 6) is 1.21. The smallest absolute Gasteiger partial charge is 0.323 e. The van der Waals surface area contributed by atoms with Crippen molar-refractivity contribution in [3.8, 4) is 11.4 Å². The monoisotopic (exact) mass is 352 g/mol. The summed E-state index contributed by atoms with van der Waals surface area (Å²) in [6.45, 7) is 0. The third kappa shape index (κ3) is 3.56. The van der Waals surface area contributed by atoms with Gasteiger partial charge in [0.25, 0.3) is 0 Å². The van der Waals surface area contributed by atoms with Crippen LogP contribution in [0.4, 0.5) is 20.6 Å². The van der Waals surface area contributed by atoms with Crippen LogP contribution < -0.4 is 10.6 Å². The molecule has 1 saturated carbocycles. The molecule has 1 aromatic heterocycles. The molecule has 0 bridgehead atoms. The lowest BCUT2D eigenvalue weighted by Gasteiger charge is -2.20. The summed E-state index contributed by atoms with van der Waals surface area (Å²) in [5, 5.41) is 9.42. The molecule has 0 aliphatic heterocycles. The Kier molecular flexibility index (Phi) is 4.35. The number of nitrogens with one attached hydrogen (secondary N) is 2. The van der Waals surface area contributed by atoms with Crippen LogP contribution in [-0.2, 0) is 0 Å². The van der Waals surface area contributed by atoms with Crippen molar-refractivity contribution in [2.24, 2.45) is 0 Å². The first-order valence-corrected chi connectivity index (χ1v) is 8.45. The van der Waals surface area contributed by atoms with Gasteiger partial charge in [-0.25, -0.2) is 9.18 Å². The van der Waals surface area contributed by atoms with Gasteiger partial charge in [-0.05, 0) is 49.2 Å². The zero-order valence-electron chi connectivity index (χ0n) is 13.9. The number of hydrogen-bond acceptors (Lipinski definition) is 4. The second kappa shape index (κ2) is 6.95. The van der Waals surface area contributed by atoms with E-state index in [0.717, 1.165) is 18.4 Å². The third-order valence-electron chi connectivity index (χ3n) is 4.38. The normalized spacial score (nSPS) is 13.9. The minimum Gasteiger partial charge on any atom is -0.339 e. The third-order valence-corrected chi connectivity index (χ3v) is 4.38. The molecule has 1 aliphatic carbocycles. The molecule has 1 fully saturated rings. The lowest BCUT2D eigenvalue weighted by molar-refractivity contribution is 0.262. The molecule has 132 valence electrons. The van der Waals surface area contributed by atoms with Crippen LogP contribution in [0.1, 0.15) is 31.1 Å². The van der Waals surface area contributed by atoms with Gasteiger partial charge < -0.3 is 15.2 Å². The SMILES string of the molecule is O=C(Nc1ccc(F)cc1)Nc1cccc(-c2noc(C3CCC3)n2)c1. The predicted octanol–water partition coefficient (Wildman–Crippen LogP) is 4.79. The fourth-order valence-corrected chi connectivity index (χ4v) is 2.74. The second-order valence-corrected chi connectivity index (χ2v) is 6.25. The quantitative estimate of drug-likeness (QED) is 0.708. The van der Waals surface area contributed by atoms with Crippen molar-refractivity contribution in [3.05, 3.63) is 60.2 Å². The minimum atomic E-state index is -0.419. The van der Waals surface area contributed by atoms with Gasteiger partial charge in [-0.1, -0.05) is 23.7 Å². The summed E-state index contributed by atoms with van der Waals surface area (Å²) in [5.41, 5.74) is 1.86. The molecule has 2 N–H and O–H groups in total. The van der Waals surface area contributed by atoms with Crippen LogP contribution in [-0.4, -0.2) is 16.2 Å². The van der Waals surface area contributed by atoms with Crippen LogP contribution in [0.25, 0.3) is 11.4 Å². The van der Waals surface area contributed by atoms with Crippen molar-refractivity contribution in [2.75, 3.05) is 10.6 Å². The molecule has 4 rings (SSSR count). The first kappa shape index (κ1) is 16.3. The first-order valence-electron chi connectivity index (χ1n) is 8.45. The minimum absolute atomic E-state index is 0.356. The van der Waals surface area contributed by atoms with Gasteiger partial charge in [-0.2, -0.15) is 4.98 Å². The summed E-state index contributed by atoms with van der Waals surface area (Å²) < 4.78 is 18.2. The number of rotatable bonds is 4. The number of amides is 2. The summed E-state index contributed by atoms with van der Waals surface area (Å²) in [7, 11) is 0. The molecule has 0 spiro atoms. The highest BCUT2D eigenvalue weighted by Gasteiger charge is 2.25. The number of nitrogens with zero attached hydrogens (tertiary/aromatic N) is 2. The molecule has 0 atom stereocenters. The Morgan fingerprint density at radius 3 is 2.58 bits per heavy atom. The Hall–Kier alpha value is -3.22. The van der Waals surface area contributed by atoms with Crippen molar-refractivity contribution in [3.63, 3.8) is 0 Å². The average molecular weight is 352 g/mol. The summed E-state index contributed by atoms with van der Waals surface area (Å²) in [6.07, 6.45) is 3.38. The molecule has 0 saturated heterocycles. The van der Waals surface area contributed by atoms with Gasteiger partial charge in [0.15, 0.2) is 0 Å². The molecule has 2 amide bonds. The number of urea groups is 1. The molecule has 7 heteroatoms. The maximum absolute atomic E-state index is 12.9. The van der Waals surface area contributed by atoms with Crippen LogP contribution in [0.2, 0.25) is 0 Å². The first-order chi connectivity index (χ1) is 12.7. The molecular weight excluding hydrogens is 335 g/mol. The van der Waals surface area contributed by atoms with E-state index in [-0.39, 0.29) is 5.82 Å². The van der Waals surface area contributed by atoms with Crippen LogP contribution in [0, 0.1) is 5.82 Å². The molecule has 0 unspecified atom stereocenters. The standard InChI is InChI=1S/C19H17FN4O2/c20-14-7-9-15(10-8-14)21-19(25)22-16-6-2-5-13(11-16)17-23-18(26-24-17)12-3-1-4-12/h2,5-12H,1,3-4H2,(H2,21,22,25). The molecule has 26 heavy (non-hydrogen) atoms. The number of aromatic nitrogens is 2. The van der Waals surface area contributed by atoms with Crippen molar-refractivity contribution >= 4 is 17.4 Å². The van der Waals surface area contributed by atoms with Crippen LogP contribution in [0.5, 0.6) is 0 Å². The van der Waals surface area contributed by atoms with Gasteiger partial charge in [0, 0.05) is 22.9 Å². The molecule has 1 heterocycles. The number of halogens is 1. The molecule has 1 aliphatic rings. The Balaban J connectivity index is 1.44. The number of hydrogen-bond donors (Lipinski definition) is 2. The van der Waals surface area contributed by atoms with Gasteiger partial charge in [0.1, 0.15) is 5.82 Å². The van der Waals surface area contributed by atoms with Gasteiger partial charge >= 0.3 is 6.03 Å². The Bertz CT molecular complexity index is 919. The highest BCUT2D eigenvalue weighted by Crippen LogP contribution is 2.36. The van der Waals surface area contributed by atoms with Crippen molar-refractivity contribution in [2.45, 2.75) is 25.2 Å². The van der Waals surface area contributed by atoms with E-state index in [1.165, 1.54) is 30.7 Å². The largest absolute Gasteiger partial charge is 0.339 e. The number of benzene rings is 2. The predicted molar refractivity (Wildman–Crippen MR) is 95.4 cm³/mol. The molecule has 3 aromatic rings. The summed E-state index contributed by atoms with van der Waals surface area (Å²) >= 11 is 0. The molecule has 6 nitrogen and oxygen atoms in total. The van der Waals surface area contributed by atoms with Crippen LogP contribution in [0.15, 0.2) is 53.1 Å². The second-order valence-electron chi connectivity index (χ2n) is 6.25. The average Bonchev–Trinajstić information content (AvgIpc) is 3.05. The van der Waals surface area contributed by atoms with E-state index in [1.54, 1.807) is 12.1 Å². The van der Waals surface area contributed by atoms with Gasteiger partial charge in [0.05, 0.1) is 0 Å². The Morgan fingerprint density at radius 2 is 1.85 bits per heavy atom. The van der Waals surface area contributed by atoms with Crippen molar-refractivity contribution < 1.29 is 13.7 Å². The van der Waals surface area contributed by atoms with E-state index in [2.05, 4.69) is 20.8 Å². The molecule has 2 aromatic carbocycles. The van der Waals surface area contributed by atoms with E-state index in [4.69, 9.17) is 4.52 Å². The van der Waals surface area contributed by atoms with E-state index in [1.807, 2.05) is 12.1 Å². The number of carbonyl (C=O) groups is 1. The van der Waals surface area contributed by atoms with Crippen molar-refractivity contribution in [1.29, 1.82) is 0 Å². The maximum Gasteiger partial charge on any atom is 0.323 e. The maximum atomic E-state index is 12.9. The Labute approximate surface area is 149 Å². The lowest BCUT2D eigenvalue weighted by atomic mass is 9.85. The highest BCUT2D eigenvalue weighted by molar-refractivity contribution is 6.00. The zero-order valence-corrected chi connectivity index (χ0v) is 13.9. The van der Waals surface area contributed by atoms with Gasteiger partial charge in [-0.15, -0.1) is 0 Å². The van der Waals surface area contributed by atoms with E-state index >= 15 is 0 Å². The van der Waals surface area contributed by atoms with Crippen LogP contribution in [0.3, 0.4) is 0 Å². The number of carbonyl (C=O) groups excluding carboxylic acids is 1. The van der Waals surface area contributed by atoms with Gasteiger partial charge in [0.2, 0.25) is 11.7 Å². The number of anilines is 2. The lowest BCUT2D eigenvalue weighted by Crippen LogP contribution is -2.19. The van der Waals surface area contributed by atoms with Gasteiger partial charge in [-0.3, -0.25) is 0 Å². The van der Waals surface area contributed by atoms with E-state index in [9.17, 15) is 9.18 Å². The highest BCUT2D eigenvalue weighted by atomic mass is 19.1. The van der Waals surface area contributed by atoms with E-state index in [0.29, 0.717) is 29.0 Å². The topological polar surface area (TPSA) is 80.0 Å². The Morgan fingerprint density at radius 1 is 1.08 bits per heavy atom. The molecule has 0 radical (unpaired) electrons. The van der Waals surface area contributed by atoms with Crippen molar-refractivity contribution in [1.82, 2.24) is 10.1 Å².